The number of aromatic nitrogens is 10. The van der Waals surface area contributed by atoms with Crippen LogP contribution in [0.1, 0.15) is 0 Å². The summed E-state index contributed by atoms with van der Waals surface area (Å²) >= 11 is 0. The summed E-state index contributed by atoms with van der Waals surface area (Å²) in [6, 6.07) is 83.9. The van der Waals surface area contributed by atoms with E-state index < -0.39 is 0 Å². The van der Waals surface area contributed by atoms with Gasteiger partial charge in [0.1, 0.15) is 34.5 Å². The van der Waals surface area contributed by atoms with E-state index in [-0.39, 0.29) is 40.8 Å². The summed E-state index contributed by atoms with van der Waals surface area (Å²) in [6.45, 7) is 0. The minimum absolute atomic E-state index is 0. The van der Waals surface area contributed by atoms with Crippen LogP contribution in [-0.4, -0.2) is 49.0 Å². The first-order valence-electron chi connectivity index (χ1n) is 29.4. The molecule has 0 fully saturated rings. The van der Waals surface area contributed by atoms with Crippen molar-refractivity contribution >= 4 is 43.6 Å². The molecule has 0 amide bonds. The molecule has 468 valence electrons. The summed E-state index contributed by atoms with van der Waals surface area (Å²) in [5.74, 6) is 9.51. The van der Waals surface area contributed by atoms with Crippen LogP contribution in [0.15, 0.2) is 280 Å². The largest absolute Gasteiger partial charge is 2.00 e. The molecule has 0 aliphatic carbocycles. The molecule has 0 radical (unpaired) electrons. The van der Waals surface area contributed by atoms with Gasteiger partial charge in [-0.05, 0) is 84.9 Å². The second kappa shape index (κ2) is 29.2. The van der Waals surface area contributed by atoms with Gasteiger partial charge in [-0.25, -0.2) is 39.9 Å². The molecule has 8 aromatic heterocycles. The number of nitrogens with zero attached hydrogens (tertiary/aromatic N) is 10. The number of hydrogen-bond acceptors (Lipinski definition) is 16. The van der Waals surface area contributed by atoms with Gasteiger partial charge in [-0.3, -0.25) is 4.57 Å². The van der Waals surface area contributed by atoms with Gasteiger partial charge in [-0.2, -0.15) is 35.0 Å². The van der Waals surface area contributed by atoms with Gasteiger partial charge in [0, 0.05) is 143 Å². The molecule has 0 aliphatic rings. The summed E-state index contributed by atoms with van der Waals surface area (Å²) in [6.07, 6.45) is 13.5. The smallest absolute Gasteiger partial charge is 0.509 e. The minimum atomic E-state index is 0. The van der Waals surface area contributed by atoms with Gasteiger partial charge in [0.05, 0.1) is 11.0 Å². The third kappa shape index (κ3) is 14.5. The van der Waals surface area contributed by atoms with E-state index in [0.29, 0.717) is 115 Å². The van der Waals surface area contributed by atoms with Gasteiger partial charge in [0.15, 0.2) is 0 Å². The van der Waals surface area contributed by atoms with Crippen LogP contribution >= 0.6 is 0 Å². The van der Waals surface area contributed by atoms with Crippen LogP contribution in [0.25, 0.3) is 55.5 Å². The first kappa shape index (κ1) is 62.6. The fourth-order valence-electron chi connectivity index (χ4n) is 10.2. The molecule has 8 heterocycles. The van der Waals surface area contributed by atoms with Crippen molar-refractivity contribution in [1.82, 2.24) is 49.0 Å². The zero-order chi connectivity index (χ0) is 62.8. The van der Waals surface area contributed by atoms with Crippen LogP contribution in [0.3, 0.4) is 0 Å². The first-order chi connectivity index (χ1) is 46.5. The predicted octanol–water partition coefficient (Wildman–Crippen LogP) is 18.3. The van der Waals surface area contributed by atoms with E-state index in [2.05, 4.69) is 64.1 Å². The molecule has 0 spiro atoms. The van der Waals surface area contributed by atoms with E-state index in [9.17, 15) is 0 Å². The van der Waals surface area contributed by atoms with E-state index in [0.717, 1.165) is 32.6 Å². The van der Waals surface area contributed by atoms with Crippen LogP contribution in [-0.2, 0) is 40.8 Å². The Bertz CT molecular complexity index is 4680. The second-order valence-corrected chi connectivity index (χ2v) is 20.5. The summed E-state index contributed by atoms with van der Waals surface area (Å²) in [5.41, 5.74) is 3.17. The summed E-state index contributed by atoms with van der Waals surface area (Å²) in [7, 11) is 0. The maximum absolute atomic E-state index is 6.31. The monoisotopic (exact) mass is 1440 g/mol. The topological polar surface area (TPSA) is 187 Å². The van der Waals surface area contributed by atoms with Gasteiger partial charge < -0.3 is 42.5 Å². The predicted molar refractivity (Wildman–Crippen MR) is 351 cm³/mol. The van der Waals surface area contributed by atoms with Crippen LogP contribution in [0.4, 0.5) is 0 Å². The van der Waals surface area contributed by atoms with Crippen LogP contribution in [0, 0.1) is 24.3 Å². The average molecular weight is 1440 g/mol. The number of ether oxygens (including phenoxy) is 8. The molecular weight excluding hydrogens is 1390 g/mol. The normalized spacial score (nSPS) is 10.8. The maximum Gasteiger partial charge on any atom is 2.00 e. The molecule has 16 rings (SSSR count). The summed E-state index contributed by atoms with van der Waals surface area (Å²) in [4.78, 5) is 35.1. The standard InChI is InChI=1S/C38H25N5O4.C38H21N5O4.2Pd/c2*1-3-18-39-36(12-1)46-28-10-5-8-26(22-28)44-30-14-16-32-33-17-15-31(25-35(33)43(34(32)24-30)38-41-20-7-21-42-38)45-27-9-6-11-29(23-27)47-37-13-2-4-19-40-37;;/h1-25H;1-21H;;/q;-4;2*+2. The Morgan fingerprint density at radius 1 is 0.229 bits per heavy atom. The van der Waals surface area contributed by atoms with Gasteiger partial charge >= 0.3 is 40.8 Å². The Kier molecular flexibility index (Phi) is 19.1. The first-order valence-corrected chi connectivity index (χ1v) is 29.4. The summed E-state index contributed by atoms with van der Waals surface area (Å²) < 4.78 is 52.3. The fourth-order valence-corrected chi connectivity index (χ4v) is 10.2. The molecular formula is C76H46N10O8Pd2. The number of rotatable bonds is 18. The number of hydrogen-bond donors (Lipinski definition) is 0. The van der Waals surface area contributed by atoms with Gasteiger partial charge in [0.2, 0.25) is 35.4 Å². The van der Waals surface area contributed by atoms with E-state index in [1.54, 1.807) is 110 Å². The molecule has 8 aromatic carbocycles. The molecule has 0 bridgehead atoms. The maximum atomic E-state index is 6.31. The Morgan fingerprint density at radius 2 is 0.552 bits per heavy atom. The van der Waals surface area contributed by atoms with Gasteiger partial charge in [-0.1, -0.05) is 59.6 Å². The van der Waals surface area contributed by atoms with Crippen molar-refractivity contribution in [3.8, 4) is 104 Å². The molecule has 0 aliphatic heterocycles. The van der Waals surface area contributed by atoms with Crippen molar-refractivity contribution in [2.75, 3.05) is 0 Å². The summed E-state index contributed by atoms with van der Waals surface area (Å²) in [5, 5.41) is 3.86. The molecule has 96 heavy (non-hydrogen) atoms. The van der Waals surface area contributed by atoms with Crippen molar-refractivity contribution in [3.63, 3.8) is 0 Å². The molecule has 0 saturated heterocycles. The molecule has 16 aromatic rings. The molecule has 0 unspecified atom stereocenters. The van der Waals surface area contributed by atoms with E-state index >= 15 is 0 Å². The van der Waals surface area contributed by atoms with E-state index in [1.807, 2.05) is 179 Å². The molecule has 0 atom stereocenters. The Balaban J connectivity index is 0.000000170. The molecule has 0 N–H and O–H groups in total. The Hall–Kier alpha value is -12.2. The zero-order valence-corrected chi connectivity index (χ0v) is 53.0. The average Bonchev–Trinajstić information content (AvgIpc) is 1.63. The van der Waals surface area contributed by atoms with E-state index in [1.165, 1.54) is 0 Å². The van der Waals surface area contributed by atoms with Crippen molar-refractivity contribution in [2.45, 2.75) is 0 Å². The van der Waals surface area contributed by atoms with Crippen molar-refractivity contribution in [2.24, 2.45) is 0 Å². The van der Waals surface area contributed by atoms with Crippen molar-refractivity contribution in [3.05, 3.63) is 304 Å². The Labute approximate surface area is 576 Å². The molecule has 18 nitrogen and oxygen atoms in total. The van der Waals surface area contributed by atoms with Crippen molar-refractivity contribution < 1.29 is 78.7 Å². The minimum Gasteiger partial charge on any atom is -0.509 e. The van der Waals surface area contributed by atoms with Gasteiger partial charge in [-0.15, -0.1) is 48.5 Å². The third-order valence-corrected chi connectivity index (χ3v) is 14.2. The SMILES string of the molecule is [Pd+2].[Pd+2].[c-]1c(Oc2[c-]c3c(cc2)c2ccc(Oc4[c-]c(Oc5ccccn5)ccc4)[c-]c2n3-c2ncccn2)cccc1Oc1ccccn1.c1ccc(Oc2cccc(Oc3ccc4c5ccc(Oc6cccc(Oc7ccccn7)c6)cc5n(-c5ncccn5)c4c3)c2)nc1. The van der Waals surface area contributed by atoms with E-state index in [4.69, 9.17) is 37.9 Å². The number of fused-ring (bicyclic) bond motifs is 6. The molecule has 20 heteroatoms. The molecule has 0 saturated carbocycles. The third-order valence-electron chi connectivity index (χ3n) is 14.2. The number of pyridine rings is 4. The Morgan fingerprint density at radius 3 is 0.948 bits per heavy atom. The van der Waals surface area contributed by atoms with Gasteiger partial charge in [0.25, 0.3) is 0 Å². The second-order valence-electron chi connectivity index (χ2n) is 20.5. The van der Waals surface area contributed by atoms with Crippen LogP contribution in [0.2, 0.25) is 0 Å². The fraction of sp³-hybridized carbons (Fsp3) is 0. The van der Waals surface area contributed by atoms with Crippen LogP contribution in [0.5, 0.6) is 92.5 Å². The number of benzene rings is 8. The van der Waals surface area contributed by atoms with Crippen LogP contribution < -0.4 is 37.9 Å². The van der Waals surface area contributed by atoms with Crippen molar-refractivity contribution in [1.29, 1.82) is 0 Å². The zero-order valence-electron chi connectivity index (χ0n) is 49.9. The quantitative estimate of drug-likeness (QED) is 0.0582.